The number of rotatable bonds is 5. The molecule has 1 heterocycles. The molecule has 0 bridgehead atoms. The van der Waals surface area contributed by atoms with Crippen LogP contribution in [0.1, 0.15) is 50.5 Å². The number of carbonyl (C=O) groups excluding carboxylic acids is 2. The van der Waals surface area contributed by atoms with Crippen LogP contribution in [0.5, 0.6) is 5.75 Å². The number of likely N-dealkylation sites (tertiary alicyclic amines) is 1. The third kappa shape index (κ3) is 4.99. The molecule has 1 aliphatic heterocycles. The average molecular weight is 358 g/mol. The average Bonchev–Trinajstić information content (AvgIpc) is 2.69. The lowest BCUT2D eigenvalue weighted by Crippen LogP contribution is -2.48. The second-order valence-electron chi connectivity index (χ2n) is 7.53. The van der Waals surface area contributed by atoms with Gasteiger partial charge in [-0.1, -0.05) is 31.4 Å². The van der Waals surface area contributed by atoms with Gasteiger partial charge in [0, 0.05) is 25.0 Å². The van der Waals surface area contributed by atoms with Crippen molar-refractivity contribution < 1.29 is 14.3 Å². The molecule has 26 heavy (non-hydrogen) atoms. The number of ether oxygens (including phenoxy) is 1. The van der Waals surface area contributed by atoms with Gasteiger partial charge in [0.2, 0.25) is 11.8 Å². The molecule has 1 saturated carbocycles. The molecule has 0 atom stereocenters. The van der Waals surface area contributed by atoms with Gasteiger partial charge in [0.15, 0.2) is 0 Å². The van der Waals surface area contributed by atoms with Gasteiger partial charge < -0.3 is 15.0 Å². The van der Waals surface area contributed by atoms with Crippen LogP contribution in [0.2, 0.25) is 0 Å². The van der Waals surface area contributed by atoms with Crippen molar-refractivity contribution in [2.24, 2.45) is 5.92 Å². The van der Waals surface area contributed by atoms with Crippen molar-refractivity contribution in [1.82, 2.24) is 10.2 Å². The van der Waals surface area contributed by atoms with Crippen molar-refractivity contribution >= 4 is 11.8 Å². The first-order valence-electron chi connectivity index (χ1n) is 9.87. The number of hydrogen-bond donors (Lipinski definition) is 1. The minimum atomic E-state index is 0.0373. The van der Waals surface area contributed by atoms with Crippen LogP contribution in [-0.4, -0.2) is 43.0 Å². The van der Waals surface area contributed by atoms with Crippen molar-refractivity contribution in [1.29, 1.82) is 0 Å². The maximum absolute atomic E-state index is 12.6. The summed E-state index contributed by atoms with van der Waals surface area (Å²) >= 11 is 0. The van der Waals surface area contributed by atoms with E-state index in [0.29, 0.717) is 12.3 Å². The molecule has 5 heteroatoms. The molecule has 1 aromatic rings. The topological polar surface area (TPSA) is 58.6 Å². The van der Waals surface area contributed by atoms with Gasteiger partial charge in [-0.25, -0.2) is 0 Å². The second-order valence-corrected chi connectivity index (χ2v) is 7.53. The zero-order valence-corrected chi connectivity index (χ0v) is 15.7. The summed E-state index contributed by atoms with van der Waals surface area (Å²) in [6.45, 7) is 1.53. The third-order valence-corrected chi connectivity index (χ3v) is 5.62. The SMILES string of the molecule is COc1cccc(CC(=O)NC2CCN(C(=O)C3CCCCC3)CC2)c1. The Kier molecular flexibility index (Phi) is 6.53. The van der Waals surface area contributed by atoms with E-state index in [1.807, 2.05) is 29.2 Å². The lowest BCUT2D eigenvalue weighted by atomic mass is 9.87. The van der Waals surface area contributed by atoms with Crippen LogP contribution in [0.4, 0.5) is 0 Å². The van der Waals surface area contributed by atoms with Crippen LogP contribution >= 0.6 is 0 Å². The molecule has 1 N–H and O–H groups in total. The second kappa shape index (κ2) is 9.06. The van der Waals surface area contributed by atoms with Crippen LogP contribution < -0.4 is 10.1 Å². The van der Waals surface area contributed by atoms with E-state index in [9.17, 15) is 9.59 Å². The van der Waals surface area contributed by atoms with E-state index >= 15 is 0 Å². The normalized spacial score (nSPS) is 19.2. The Morgan fingerprint density at radius 1 is 1.12 bits per heavy atom. The molecule has 0 spiro atoms. The van der Waals surface area contributed by atoms with Gasteiger partial charge in [0.25, 0.3) is 0 Å². The van der Waals surface area contributed by atoms with Gasteiger partial charge in [0.1, 0.15) is 5.75 Å². The maximum atomic E-state index is 12.6. The number of methoxy groups -OCH3 is 1. The summed E-state index contributed by atoms with van der Waals surface area (Å²) in [5, 5.41) is 3.13. The molecule has 0 unspecified atom stereocenters. The molecule has 5 nitrogen and oxygen atoms in total. The monoisotopic (exact) mass is 358 g/mol. The van der Waals surface area contributed by atoms with E-state index in [4.69, 9.17) is 4.74 Å². The van der Waals surface area contributed by atoms with Gasteiger partial charge in [-0.15, -0.1) is 0 Å². The Morgan fingerprint density at radius 3 is 2.54 bits per heavy atom. The van der Waals surface area contributed by atoms with Gasteiger partial charge in [-0.3, -0.25) is 9.59 Å². The highest BCUT2D eigenvalue weighted by Crippen LogP contribution is 2.26. The summed E-state index contributed by atoms with van der Waals surface area (Å²) in [6.07, 6.45) is 7.81. The number of benzene rings is 1. The van der Waals surface area contributed by atoms with Crippen molar-refractivity contribution in [2.75, 3.05) is 20.2 Å². The van der Waals surface area contributed by atoms with Crippen molar-refractivity contribution in [3.63, 3.8) is 0 Å². The fraction of sp³-hybridized carbons (Fsp3) is 0.619. The molecule has 0 radical (unpaired) electrons. The number of piperidine rings is 1. The highest BCUT2D eigenvalue weighted by atomic mass is 16.5. The number of nitrogens with one attached hydrogen (secondary N) is 1. The number of hydrogen-bond acceptors (Lipinski definition) is 3. The Morgan fingerprint density at radius 2 is 1.85 bits per heavy atom. The fourth-order valence-corrected chi connectivity index (χ4v) is 4.10. The molecular weight excluding hydrogens is 328 g/mol. The molecule has 2 aliphatic rings. The third-order valence-electron chi connectivity index (χ3n) is 5.62. The van der Waals surface area contributed by atoms with Crippen molar-refractivity contribution in [3.8, 4) is 5.75 Å². The van der Waals surface area contributed by atoms with Crippen molar-refractivity contribution in [2.45, 2.75) is 57.4 Å². The van der Waals surface area contributed by atoms with Gasteiger partial charge in [-0.05, 0) is 43.4 Å². The van der Waals surface area contributed by atoms with Crippen LogP contribution in [0.25, 0.3) is 0 Å². The van der Waals surface area contributed by atoms with E-state index in [1.54, 1.807) is 7.11 Å². The lowest BCUT2D eigenvalue weighted by Gasteiger charge is -2.35. The summed E-state index contributed by atoms with van der Waals surface area (Å²) in [5.41, 5.74) is 0.951. The quantitative estimate of drug-likeness (QED) is 0.880. The van der Waals surface area contributed by atoms with E-state index in [0.717, 1.165) is 50.1 Å². The van der Waals surface area contributed by atoms with Crippen molar-refractivity contribution in [3.05, 3.63) is 29.8 Å². The first-order chi connectivity index (χ1) is 12.7. The molecule has 2 fully saturated rings. The minimum Gasteiger partial charge on any atom is -0.497 e. The van der Waals surface area contributed by atoms with E-state index < -0.39 is 0 Å². The molecule has 1 aromatic carbocycles. The predicted molar refractivity (Wildman–Crippen MR) is 101 cm³/mol. The molecule has 2 amide bonds. The Labute approximate surface area is 156 Å². The minimum absolute atomic E-state index is 0.0373. The van der Waals surface area contributed by atoms with E-state index in [1.165, 1.54) is 19.3 Å². The van der Waals surface area contributed by atoms with Gasteiger partial charge in [-0.2, -0.15) is 0 Å². The highest BCUT2D eigenvalue weighted by molar-refractivity contribution is 5.80. The van der Waals surface area contributed by atoms with Crippen LogP contribution in [-0.2, 0) is 16.0 Å². The Bertz CT molecular complexity index is 617. The molecule has 1 saturated heterocycles. The van der Waals surface area contributed by atoms with Crippen LogP contribution in [0, 0.1) is 5.92 Å². The summed E-state index contributed by atoms with van der Waals surface area (Å²) < 4.78 is 5.20. The summed E-state index contributed by atoms with van der Waals surface area (Å²) in [5.74, 6) is 1.38. The summed E-state index contributed by atoms with van der Waals surface area (Å²) in [6, 6.07) is 7.78. The largest absolute Gasteiger partial charge is 0.497 e. The molecule has 142 valence electrons. The zero-order valence-electron chi connectivity index (χ0n) is 15.7. The molecular formula is C21H30N2O3. The summed E-state index contributed by atoms with van der Waals surface area (Å²) in [7, 11) is 1.63. The zero-order chi connectivity index (χ0) is 18.4. The summed E-state index contributed by atoms with van der Waals surface area (Å²) in [4.78, 5) is 26.9. The first-order valence-corrected chi connectivity index (χ1v) is 9.87. The maximum Gasteiger partial charge on any atom is 0.225 e. The first kappa shape index (κ1) is 18.7. The number of nitrogens with zero attached hydrogens (tertiary/aromatic N) is 1. The van der Waals surface area contributed by atoms with E-state index in [2.05, 4.69) is 5.32 Å². The van der Waals surface area contributed by atoms with Gasteiger partial charge in [0.05, 0.1) is 13.5 Å². The molecule has 1 aliphatic carbocycles. The fourth-order valence-electron chi connectivity index (χ4n) is 4.10. The van der Waals surface area contributed by atoms with Crippen LogP contribution in [0.15, 0.2) is 24.3 Å². The predicted octanol–water partition coefficient (Wildman–Crippen LogP) is 2.93. The molecule has 3 rings (SSSR count). The van der Waals surface area contributed by atoms with Gasteiger partial charge >= 0.3 is 0 Å². The Balaban J connectivity index is 1.43. The Hall–Kier alpha value is -2.04. The smallest absolute Gasteiger partial charge is 0.225 e. The molecule has 0 aromatic heterocycles. The highest BCUT2D eigenvalue weighted by Gasteiger charge is 2.29. The standard InChI is InChI=1S/C21H30N2O3/c1-26-19-9-5-6-16(14-19)15-20(24)22-18-10-12-23(13-11-18)21(25)17-7-3-2-4-8-17/h5-6,9,14,17-18H,2-4,7-8,10-13,15H2,1H3,(H,22,24). The van der Waals surface area contributed by atoms with E-state index in [-0.39, 0.29) is 17.9 Å². The number of carbonyl (C=O) groups is 2. The van der Waals surface area contributed by atoms with Crippen LogP contribution in [0.3, 0.4) is 0 Å². The number of amides is 2. The lowest BCUT2D eigenvalue weighted by molar-refractivity contribution is -0.137.